The maximum atomic E-state index is 13.4. The monoisotopic (exact) mass is 360 g/mol. The summed E-state index contributed by atoms with van der Waals surface area (Å²) in [4.78, 5) is 27.2. The molecule has 0 aliphatic heterocycles. The maximum Gasteiger partial charge on any atom is 0.337 e. The number of nitrogens with one attached hydrogen (secondary N) is 2. The molecule has 0 aliphatic carbocycles. The van der Waals surface area contributed by atoms with E-state index in [-0.39, 0.29) is 22.1 Å². The van der Waals surface area contributed by atoms with Crippen LogP contribution in [-0.4, -0.2) is 24.0 Å². The third-order valence-electron chi connectivity index (χ3n) is 3.88. The molecule has 0 bridgehead atoms. The average Bonchev–Trinajstić information content (AvgIpc) is 2.92. The number of ether oxygens (including phenoxy) is 1. The van der Waals surface area contributed by atoms with Crippen molar-refractivity contribution in [1.29, 1.82) is 0 Å². The molecule has 25 heavy (non-hydrogen) atoms. The quantitative estimate of drug-likeness (QED) is 0.684. The van der Waals surface area contributed by atoms with Crippen molar-refractivity contribution in [2.75, 3.05) is 12.4 Å². The molecule has 3 aromatic rings. The number of anilines is 1. The average molecular weight is 361 g/mol. The molecule has 5 nitrogen and oxygen atoms in total. The van der Waals surface area contributed by atoms with Gasteiger partial charge >= 0.3 is 5.97 Å². The Morgan fingerprint density at radius 2 is 1.96 bits per heavy atom. The van der Waals surface area contributed by atoms with E-state index in [4.69, 9.17) is 11.6 Å². The Hall–Kier alpha value is -2.86. The number of carbonyl (C=O) groups is 2. The van der Waals surface area contributed by atoms with Crippen LogP contribution < -0.4 is 5.32 Å². The van der Waals surface area contributed by atoms with E-state index >= 15 is 0 Å². The summed E-state index contributed by atoms with van der Waals surface area (Å²) in [6.07, 6.45) is 0. The van der Waals surface area contributed by atoms with Crippen molar-refractivity contribution in [3.8, 4) is 0 Å². The van der Waals surface area contributed by atoms with Crippen LogP contribution in [0.4, 0.5) is 10.1 Å². The van der Waals surface area contributed by atoms with Gasteiger partial charge < -0.3 is 15.0 Å². The van der Waals surface area contributed by atoms with Gasteiger partial charge in [-0.15, -0.1) is 0 Å². The Labute approximate surface area is 147 Å². The zero-order valence-corrected chi connectivity index (χ0v) is 14.2. The Bertz CT molecular complexity index is 997. The van der Waals surface area contributed by atoms with Gasteiger partial charge in [0.2, 0.25) is 0 Å². The summed E-state index contributed by atoms with van der Waals surface area (Å²) in [5, 5.41) is 3.56. The molecule has 0 spiro atoms. The van der Waals surface area contributed by atoms with Gasteiger partial charge in [0, 0.05) is 10.9 Å². The topological polar surface area (TPSA) is 71.2 Å². The molecular weight excluding hydrogens is 347 g/mol. The van der Waals surface area contributed by atoms with Crippen LogP contribution in [0.5, 0.6) is 0 Å². The van der Waals surface area contributed by atoms with Crippen LogP contribution in [0.15, 0.2) is 36.4 Å². The fourth-order valence-electron chi connectivity index (χ4n) is 2.58. The van der Waals surface area contributed by atoms with Gasteiger partial charge in [0.25, 0.3) is 5.91 Å². The lowest BCUT2D eigenvalue weighted by atomic mass is 10.1. The number of amides is 1. The number of esters is 1. The molecular formula is C18H14ClFN2O3. The SMILES string of the molecule is COC(=O)c1ccc(Cl)c(NC(=O)c2[nH]c3ccc(F)cc3c2C)c1. The highest BCUT2D eigenvalue weighted by atomic mass is 35.5. The van der Waals surface area contributed by atoms with E-state index in [1.807, 2.05) is 0 Å². The molecule has 1 amide bonds. The second kappa shape index (κ2) is 6.57. The third kappa shape index (κ3) is 3.21. The van der Waals surface area contributed by atoms with Crippen molar-refractivity contribution in [2.24, 2.45) is 0 Å². The molecule has 7 heteroatoms. The fourth-order valence-corrected chi connectivity index (χ4v) is 2.74. The Morgan fingerprint density at radius 3 is 2.68 bits per heavy atom. The van der Waals surface area contributed by atoms with Crippen molar-refractivity contribution in [3.05, 3.63) is 64.1 Å². The summed E-state index contributed by atoms with van der Waals surface area (Å²) in [5.74, 6) is -1.36. The number of carbonyl (C=O) groups excluding carboxylic acids is 2. The number of aromatic amines is 1. The molecule has 0 radical (unpaired) electrons. The summed E-state index contributed by atoms with van der Waals surface area (Å²) in [6.45, 7) is 1.72. The second-order valence-corrected chi connectivity index (χ2v) is 5.86. The minimum absolute atomic E-state index is 0.262. The molecule has 128 valence electrons. The summed E-state index contributed by atoms with van der Waals surface area (Å²) in [5.41, 5.74) is 2.10. The summed E-state index contributed by atoms with van der Waals surface area (Å²) in [7, 11) is 1.27. The van der Waals surface area contributed by atoms with Gasteiger partial charge in [-0.25, -0.2) is 9.18 Å². The van der Waals surface area contributed by atoms with Crippen LogP contribution in [0, 0.1) is 12.7 Å². The first-order valence-electron chi connectivity index (χ1n) is 7.37. The third-order valence-corrected chi connectivity index (χ3v) is 4.21. The van der Waals surface area contributed by atoms with Crippen molar-refractivity contribution >= 4 is 40.1 Å². The van der Waals surface area contributed by atoms with Gasteiger partial charge in [-0.1, -0.05) is 11.6 Å². The van der Waals surface area contributed by atoms with E-state index in [9.17, 15) is 14.0 Å². The smallest absolute Gasteiger partial charge is 0.337 e. The largest absolute Gasteiger partial charge is 0.465 e. The molecule has 1 aromatic heterocycles. The molecule has 2 N–H and O–H groups in total. The van der Waals surface area contributed by atoms with Crippen LogP contribution in [0.3, 0.4) is 0 Å². The van der Waals surface area contributed by atoms with Crippen LogP contribution in [-0.2, 0) is 4.74 Å². The normalized spacial score (nSPS) is 10.7. The van der Waals surface area contributed by atoms with Crippen molar-refractivity contribution < 1.29 is 18.7 Å². The number of H-pyrrole nitrogens is 1. The first kappa shape index (κ1) is 17.0. The molecule has 0 fully saturated rings. The van der Waals surface area contributed by atoms with Crippen molar-refractivity contribution in [2.45, 2.75) is 6.92 Å². The van der Waals surface area contributed by atoms with Gasteiger partial charge in [0.1, 0.15) is 11.5 Å². The van der Waals surface area contributed by atoms with E-state index in [0.29, 0.717) is 22.2 Å². The number of aromatic nitrogens is 1. The molecule has 3 rings (SSSR count). The molecule has 2 aromatic carbocycles. The van der Waals surface area contributed by atoms with E-state index in [0.717, 1.165) is 0 Å². The minimum atomic E-state index is -0.538. The van der Waals surface area contributed by atoms with Crippen LogP contribution in [0.1, 0.15) is 26.4 Å². The maximum absolute atomic E-state index is 13.4. The molecule has 0 aliphatic rings. The first-order valence-corrected chi connectivity index (χ1v) is 7.75. The highest BCUT2D eigenvalue weighted by molar-refractivity contribution is 6.34. The standard InChI is InChI=1S/C18H14ClFN2O3/c1-9-12-8-11(20)4-6-14(12)21-16(9)17(23)22-15-7-10(18(24)25-2)3-5-13(15)19/h3-8,21H,1-2H3,(H,22,23). The minimum Gasteiger partial charge on any atom is -0.465 e. The lowest BCUT2D eigenvalue weighted by Crippen LogP contribution is -2.14. The Balaban J connectivity index is 1.95. The molecule has 0 unspecified atom stereocenters. The fraction of sp³-hybridized carbons (Fsp3) is 0.111. The van der Waals surface area contributed by atoms with Gasteiger partial charge in [-0.2, -0.15) is 0 Å². The van der Waals surface area contributed by atoms with E-state index in [1.165, 1.54) is 37.4 Å². The molecule has 0 atom stereocenters. The van der Waals surface area contributed by atoms with Gasteiger partial charge in [0.15, 0.2) is 0 Å². The number of benzene rings is 2. The summed E-state index contributed by atoms with van der Waals surface area (Å²) in [6, 6.07) is 8.68. The first-order chi connectivity index (χ1) is 11.9. The van der Waals surface area contributed by atoms with Crippen molar-refractivity contribution in [3.63, 3.8) is 0 Å². The number of aryl methyl sites for hydroxylation is 1. The number of halogens is 2. The summed E-state index contributed by atoms with van der Waals surface area (Å²) < 4.78 is 18.1. The van der Waals surface area contributed by atoms with Gasteiger partial charge in [0.05, 0.1) is 23.4 Å². The second-order valence-electron chi connectivity index (χ2n) is 5.46. The van der Waals surface area contributed by atoms with Crippen LogP contribution in [0.25, 0.3) is 10.9 Å². The van der Waals surface area contributed by atoms with Crippen LogP contribution >= 0.6 is 11.6 Å². The lowest BCUT2D eigenvalue weighted by Gasteiger charge is -2.09. The van der Waals surface area contributed by atoms with E-state index in [1.54, 1.807) is 13.0 Å². The van der Waals surface area contributed by atoms with Gasteiger partial charge in [-0.3, -0.25) is 4.79 Å². The zero-order valence-electron chi connectivity index (χ0n) is 13.4. The van der Waals surface area contributed by atoms with Crippen molar-refractivity contribution in [1.82, 2.24) is 4.98 Å². The van der Waals surface area contributed by atoms with Gasteiger partial charge in [-0.05, 0) is 48.9 Å². The molecule has 0 saturated carbocycles. The predicted octanol–water partition coefficient (Wildman–Crippen LogP) is 4.31. The predicted molar refractivity (Wildman–Crippen MR) is 93.7 cm³/mol. The number of methoxy groups -OCH3 is 1. The Morgan fingerprint density at radius 1 is 1.20 bits per heavy atom. The summed E-state index contributed by atoms with van der Waals surface area (Å²) >= 11 is 6.09. The number of fused-ring (bicyclic) bond motifs is 1. The highest BCUT2D eigenvalue weighted by Crippen LogP contribution is 2.26. The van der Waals surface area contributed by atoms with E-state index in [2.05, 4.69) is 15.0 Å². The number of hydrogen-bond donors (Lipinski definition) is 2. The number of hydrogen-bond acceptors (Lipinski definition) is 3. The lowest BCUT2D eigenvalue weighted by molar-refractivity contribution is 0.0600. The molecule has 0 saturated heterocycles. The van der Waals surface area contributed by atoms with Crippen LogP contribution in [0.2, 0.25) is 5.02 Å². The highest BCUT2D eigenvalue weighted by Gasteiger charge is 2.17. The number of rotatable bonds is 3. The van der Waals surface area contributed by atoms with E-state index < -0.39 is 11.9 Å². The Kier molecular flexibility index (Phi) is 4.46. The zero-order chi connectivity index (χ0) is 18.1. The molecule has 1 heterocycles.